The van der Waals surface area contributed by atoms with Gasteiger partial charge in [-0.15, -0.1) is 0 Å². The highest BCUT2D eigenvalue weighted by atomic mass is 32.2. The second-order valence-electron chi connectivity index (χ2n) is 7.39. The van der Waals surface area contributed by atoms with Crippen LogP contribution in [0.3, 0.4) is 0 Å². The Kier molecular flexibility index (Phi) is 7.62. The predicted molar refractivity (Wildman–Crippen MR) is 140 cm³/mol. The number of ether oxygens (including phenoxy) is 2. The summed E-state index contributed by atoms with van der Waals surface area (Å²) in [5, 5.41) is 19.9. The highest BCUT2D eigenvalue weighted by molar-refractivity contribution is 8.27. The number of nitro groups is 1. The molecule has 1 amide bonds. The number of aromatic carboxylic acids is 1. The molecule has 9 nitrogen and oxygen atoms in total. The van der Waals surface area contributed by atoms with E-state index >= 15 is 0 Å². The molecule has 0 atom stereocenters. The van der Waals surface area contributed by atoms with Crippen molar-refractivity contribution in [2.75, 3.05) is 18.1 Å². The Hall–Kier alpha value is -4.22. The van der Waals surface area contributed by atoms with E-state index < -0.39 is 10.9 Å². The van der Waals surface area contributed by atoms with Gasteiger partial charge in [0, 0.05) is 12.1 Å². The van der Waals surface area contributed by atoms with Crippen LogP contribution in [-0.4, -0.2) is 39.4 Å². The van der Waals surface area contributed by atoms with Crippen molar-refractivity contribution >= 4 is 57.6 Å². The van der Waals surface area contributed by atoms with Crippen molar-refractivity contribution in [3.05, 3.63) is 98.9 Å². The third kappa shape index (κ3) is 5.88. The van der Waals surface area contributed by atoms with Crippen LogP contribution in [0, 0.1) is 10.1 Å². The summed E-state index contributed by atoms with van der Waals surface area (Å²) < 4.78 is 11.6. The molecule has 0 saturated carbocycles. The monoisotopic (exact) mass is 522 g/mol. The maximum absolute atomic E-state index is 13.0. The van der Waals surface area contributed by atoms with Crippen LogP contribution >= 0.6 is 24.0 Å². The minimum atomic E-state index is -1.09. The number of carboxylic acid groups (broad SMARTS) is 1. The van der Waals surface area contributed by atoms with Gasteiger partial charge in [-0.3, -0.25) is 19.8 Å². The molecule has 36 heavy (non-hydrogen) atoms. The van der Waals surface area contributed by atoms with Gasteiger partial charge < -0.3 is 14.6 Å². The predicted octanol–water partition coefficient (Wildman–Crippen LogP) is 5.16. The van der Waals surface area contributed by atoms with Crippen molar-refractivity contribution in [3.63, 3.8) is 0 Å². The van der Waals surface area contributed by atoms with E-state index in [0.29, 0.717) is 26.4 Å². The van der Waals surface area contributed by atoms with Crippen LogP contribution in [0.4, 0.5) is 11.4 Å². The van der Waals surface area contributed by atoms with Crippen LogP contribution < -0.4 is 14.4 Å². The molecule has 182 valence electrons. The van der Waals surface area contributed by atoms with Gasteiger partial charge >= 0.3 is 5.97 Å². The first-order valence-corrected chi connectivity index (χ1v) is 11.8. The van der Waals surface area contributed by atoms with Crippen LogP contribution in [0.15, 0.2) is 77.7 Å². The normalized spacial score (nSPS) is 14.2. The summed E-state index contributed by atoms with van der Waals surface area (Å²) in [6, 6.07) is 19.0. The zero-order valence-corrected chi connectivity index (χ0v) is 20.2. The summed E-state index contributed by atoms with van der Waals surface area (Å²) in [7, 11) is 0. The van der Waals surface area contributed by atoms with Gasteiger partial charge in [-0.05, 0) is 54.1 Å². The third-order valence-electron chi connectivity index (χ3n) is 4.97. The largest absolute Gasteiger partial charge is 0.490 e. The topological polar surface area (TPSA) is 119 Å². The highest BCUT2D eigenvalue weighted by Crippen LogP contribution is 2.36. The number of amides is 1. The van der Waals surface area contributed by atoms with E-state index in [9.17, 15) is 24.8 Å². The lowest BCUT2D eigenvalue weighted by Gasteiger charge is -2.14. The van der Waals surface area contributed by atoms with Gasteiger partial charge in [-0.1, -0.05) is 42.2 Å². The van der Waals surface area contributed by atoms with Crippen molar-refractivity contribution in [1.82, 2.24) is 0 Å². The minimum absolute atomic E-state index is 0.0129. The SMILES string of the molecule is O=C(O)c1cccc(N2C(=O)/C(=C\c3cccc(OCCOc4ccc([N+](=O)[O-])cc4)c3)SC2=S)c1. The number of non-ortho nitro benzene ring substituents is 1. The number of nitrogens with zero attached hydrogens (tertiary/aromatic N) is 2. The van der Waals surface area contributed by atoms with Crippen LogP contribution in [0.25, 0.3) is 6.08 Å². The molecule has 1 heterocycles. The Morgan fingerprint density at radius 1 is 1.03 bits per heavy atom. The smallest absolute Gasteiger partial charge is 0.335 e. The van der Waals surface area contributed by atoms with Crippen molar-refractivity contribution in [2.45, 2.75) is 0 Å². The van der Waals surface area contributed by atoms with Crippen molar-refractivity contribution in [3.8, 4) is 11.5 Å². The molecule has 3 aromatic rings. The summed E-state index contributed by atoms with van der Waals surface area (Å²) >= 11 is 6.50. The fourth-order valence-corrected chi connectivity index (χ4v) is 4.60. The number of rotatable bonds is 9. The van der Waals surface area contributed by atoms with Gasteiger partial charge in [0.25, 0.3) is 11.6 Å². The average molecular weight is 523 g/mol. The molecular formula is C25H18N2O7S2. The van der Waals surface area contributed by atoms with Crippen LogP contribution in [-0.2, 0) is 4.79 Å². The molecule has 0 unspecified atom stereocenters. The molecule has 1 aliphatic rings. The molecule has 0 spiro atoms. The standard InChI is InChI=1S/C25H18N2O7S2/c28-23-22(36-25(35)26(23)19-5-2-4-17(15-19)24(29)30)14-16-3-1-6-21(13-16)34-12-11-33-20-9-7-18(8-10-20)27(31)32/h1-10,13-15H,11-12H2,(H,29,30)/b22-14+. The van der Waals surface area contributed by atoms with Gasteiger partial charge in [0.05, 0.1) is 21.1 Å². The molecule has 11 heteroatoms. The number of benzene rings is 3. The summed E-state index contributed by atoms with van der Waals surface area (Å²) in [5.74, 6) is -0.363. The van der Waals surface area contributed by atoms with E-state index in [1.54, 1.807) is 36.4 Å². The molecular weight excluding hydrogens is 504 g/mol. The lowest BCUT2D eigenvalue weighted by molar-refractivity contribution is -0.384. The Morgan fingerprint density at radius 3 is 2.42 bits per heavy atom. The van der Waals surface area contributed by atoms with Gasteiger partial charge in [-0.2, -0.15) is 0 Å². The fraction of sp³-hybridized carbons (Fsp3) is 0.0800. The summed E-state index contributed by atoms with van der Waals surface area (Å²) in [5.41, 5.74) is 1.17. The van der Waals surface area contributed by atoms with Crippen LogP contribution in [0.5, 0.6) is 11.5 Å². The number of carbonyl (C=O) groups excluding carboxylic acids is 1. The zero-order chi connectivity index (χ0) is 25.7. The molecule has 0 aliphatic carbocycles. The van der Waals surface area contributed by atoms with Crippen molar-refractivity contribution in [2.24, 2.45) is 0 Å². The average Bonchev–Trinajstić information content (AvgIpc) is 3.14. The number of thiocarbonyl (C=S) groups is 1. The van der Waals surface area contributed by atoms with E-state index in [-0.39, 0.29) is 30.4 Å². The molecule has 1 N–H and O–H groups in total. The van der Waals surface area contributed by atoms with Gasteiger partial charge in [-0.25, -0.2) is 4.79 Å². The molecule has 3 aromatic carbocycles. The molecule has 4 rings (SSSR count). The van der Waals surface area contributed by atoms with Gasteiger partial charge in [0.15, 0.2) is 4.32 Å². The number of hydrogen-bond donors (Lipinski definition) is 1. The molecule has 1 fully saturated rings. The first kappa shape index (κ1) is 24.9. The molecule has 0 bridgehead atoms. The van der Waals surface area contributed by atoms with E-state index in [0.717, 1.165) is 17.3 Å². The van der Waals surface area contributed by atoms with Crippen LogP contribution in [0.2, 0.25) is 0 Å². The van der Waals surface area contributed by atoms with E-state index in [2.05, 4.69) is 0 Å². The third-order valence-corrected chi connectivity index (χ3v) is 6.27. The van der Waals surface area contributed by atoms with Crippen molar-refractivity contribution < 1.29 is 29.1 Å². The number of carboxylic acids is 1. The number of nitro benzene ring substituents is 1. The molecule has 0 radical (unpaired) electrons. The van der Waals surface area contributed by atoms with Crippen LogP contribution in [0.1, 0.15) is 15.9 Å². The van der Waals surface area contributed by atoms with Gasteiger partial charge in [0.1, 0.15) is 24.7 Å². The van der Waals surface area contributed by atoms with E-state index in [1.165, 1.54) is 41.3 Å². The minimum Gasteiger partial charge on any atom is -0.490 e. The fourth-order valence-electron chi connectivity index (χ4n) is 3.30. The van der Waals surface area contributed by atoms with Crippen molar-refractivity contribution in [1.29, 1.82) is 0 Å². The number of carbonyl (C=O) groups is 2. The second-order valence-corrected chi connectivity index (χ2v) is 9.07. The summed E-state index contributed by atoms with van der Waals surface area (Å²) in [6.45, 7) is 0.471. The Balaban J connectivity index is 1.38. The zero-order valence-electron chi connectivity index (χ0n) is 18.5. The quantitative estimate of drug-likeness (QED) is 0.134. The summed E-state index contributed by atoms with van der Waals surface area (Å²) in [4.78, 5) is 36.2. The maximum Gasteiger partial charge on any atom is 0.335 e. The lowest BCUT2D eigenvalue weighted by atomic mass is 10.1. The Bertz CT molecular complexity index is 1370. The Labute approximate surface area is 215 Å². The Morgan fingerprint density at radius 2 is 1.72 bits per heavy atom. The number of thioether (sulfide) groups is 1. The first-order valence-electron chi connectivity index (χ1n) is 10.5. The van der Waals surface area contributed by atoms with E-state index in [4.69, 9.17) is 21.7 Å². The number of hydrogen-bond acceptors (Lipinski definition) is 8. The highest BCUT2D eigenvalue weighted by Gasteiger charge is 2.33. The number of anilines is 1. The molecule has 0 aromatic heterocycles. The maximum atomic E-state index is 13.0. The summed E-state index contributed by atoms with van der Waals surface area (Å²) in [6.07, 6.45) is 1.70. The first-order chi connectivity index (χ1) is 17.3. The molecule has 1 aliphatic heterocycles. The van der Waals surface area contributed by atoms with E-state index in [1.807, 2.05) is 6.07 Å². The second kappa shape index (κ2) is 11.0. The lowest BCUT2D eigenvalue weighted by Crippen LogP contribution is -2.27. The molecule has 1 saturated heterocycles. The van der Waals surface area contributed by atoms with Gasteiger partial charge in [0.2, 0.25) is 0 Å².